The molecular formula is C31H45N7O7. The molecule has 1 aliphatic rings. The van der Waals surface area contributed by atoms with Gasteiger partial charge in [0.25, 0.3) is 0 Å². The summed E-state index contributed by atoms with van der Waals surface area (Å²) in [6.07, 6.45) is 2.66. The number of carboxylic acid groups (broad SMARTS) is 1. The van der Waals surface area contributed by atoms with Gasteiger partial charge in [-0.3, -0.25) is 28.8 Å². The zero-order valence-electron chi connectivity index (χ0n) is 26.5. The molecule has 3 rings (SSSR count). The van der Waals surface area contributed by atoms with Gasteiger partial charge in [0.1, 0.15) is 24.2 Å². The summed E-state index contributed by atoms with van der Waals surface area (Å²) in [5.41, 5.74) is 1.54. The lowest BCUT2D eigenvalue weighted by Crippen LogP contribution is -2.59. The number of benzene rings is 1. The Labute approximate surface area is 262 Å². The van der Waals surface area contributed by atoms with Crippen LogP contribution in [0.25, 0.3) is 10.9 Å². The van der Waals surface area contributed by atoms with Gasteiger partial charge in [-0.05, 0) is 57.5 Å². The van der Waals surface area contributed by atoms with E-state index in [2.05, 4.69) is 26.3 Å². The van der Waals surface area contributed by atoms with Crippen molar-refractivity contribution in [2.75, 3.05) is 34.2 Å². The second-order valence-corrected chi connectivity index (χ2v) is 12.1. The van der Waals surface area contributed by atoms with Gasteiger partial charge in [0.2, 0.25) is 29.5 Å². The molecule has 246 valence electrons. The molecule has 1 aromatic carbocycles. The summed E-state index contributed by atoms with van der Waals surface area (Å²) in [5, 5.41) is 20.6. The molecule has 1 aliphatic heterocycles. The first-order valence-corrected chi connectivity index (χ1v) is 15.1. The highest BCUT2D eigenvalue weighted by molar-refractivity contribution is 5.98. The molecule has 2 heterocycles. The second-order valence-electron chi connectivity index (χ2n) is 12.1. The van der Waals surface area contributed by atoms with E-state index < -0.39 is 72.6 Å². The van der Waals surface area contributed by atoms with Crippen molar-refractivity contribution < 1.29 is 33.9 Å². The van der Waals surface area contributed by atoms with Crippen molar-refractivity contribution in [3.63, 3.8) is 0 Å². The minimum Gasteiger partial charge on any atom is -0.481 e. The number of unbranched alkanes of at least 4 members (excludes halogenated alkanes) is 1. The largest absolute Gasteiger partial charge is 0.481 e. The van der Waals surface area contributed by atoms with Gasteiger partial charge in [-0.1, -0.05) is 32.0 Å². The van der Waals surface area contributed by atoms with Crippen LogP contribution in [-0.2, 0) is 35.2 Å². The topological polar surface area (TPSA) is 193 Å². The third-order valence-corrected chi connectivity index (χ3v) is 7.81. The van der Waals surface area contributed by atoms with Crippen LogP contribution in [0.4, 0.5) is 0 Å². The SMILES string of the molecule is CC(C)[C@H]1C(=O)N[C@@H](CCCCN(C)C)C(=O)NCC(=O)N[C@@H](CC(=O)O)C(=O)N[C@H](Cc2c[nH]c3ccccc23)C(=O)N1C. The number of hydrogen-bond acceptors (Lipinski definition) is 7. The maximum absolute atomic E-state index is 14.1. The van der Waals surface area contributed by atoms with Crippen LogP contribution in [0.15, 0.2) is 30.5 Å². The number of amides is 5. The van der Waals surface area contributed by atoms with Crippen molar-refractivity contribution >= 4 is 46.4 Å². The second kappa shape index (κ2) is 16.0. The predicted molar refractivity (Wildman–Crippen MR) is 167 cm³/mol. The Kier molecular flexibility index (Phi) is 12.5. The number of H-pyrrole nitrogens is 1. The molecule has 0 spiro atoms. The van der Waals surface area contributed by atoms with Gasteiger partial charge < -0.3 is 41.2 Å². The van der Waals surface area contributed by atoms with Gasteiger partial charge in [-0.25, -0.2) is 0 Å². The highest BCUT2D eigenvalue weighted by atomic mass is 16.4. The normalized spacial score (nSPS) is 22.5. The summed E-state index contributed by atoms with van der Waals surface area (Å²) in [6, 6.07) is 2.70. The average molecular weight is 628 g/mol. The minimum atomic E-state index is -1.52. The number of aromatic amines is 1. The predicted octanol–water partition coefficient (Wildman–Crippen LogP) is -0.0158. The lowest BCUT2D eigenvalue weighted by Gasteiger charge is -2.34. The van der Waals surface area contributed by atoms with Gasteiger partial charge in [-0.2, -0.15) is 0 Å². The van der Waals surface area contributed by atoms with E-state index in [1.54, 1.807) is 20.0 Å². The van der Waals surface area contributed by atoms with Crippen molar-refractivity contribution in [1.29, 1.82) is 0 Å². The number of nitrogens with one attached hydrogen (secondary N) is 5. The van der Waals surface area contributed by atoms with E-state index in [1.807, 2.05) is 43.3 Å². The number of likely N-dealkylation sites (N-methyl/N-ethyl adjacent to an activating group) is 1. The Morgan fingerprint density at radius 2 is 1.64 bits per heavy atom. The van der Waals surface area contributed by atoms with Crippen LogP contribution in [0.5, 0.6) is 0 Å². The van der Waals surface area contributed by atoms with Crippen molar-refractivity contribution in [3.05, 3.63) is 36.0 Å². The number of carboxylic acids is 1. The smallest absolute Gasteiger partial charge is 0.305 e. The van der Waals surface area contributed by atoms with Crippen LogP contribution in [-0.4, -0.2) is 114 Å². The Morgan fingerprint density at radius 1 is 0.956 bits per heavy atom. The Hall–Kier alpha value is -4.46. The third-order valence-electron chi connectivity index (χ3n) is 7.81. The van der Waals surface area contributed by atoms with E-state index in [9.17, 15) is 33.9 Å². The Bertz CT molecular complexity index is 1390. The molecule has 5 amide bonds. The quantitative estimate of drug-likeness (QED) is 0.198. The molecule has 0 unspecified atom stereocenters. The summed E-state index contributed by atoms with van der Waals surface area (Å²) in [7, 11) is 5.32. The van der Waals surface area contributed by atoms with Crippen LogP contribution in [0.3, 0.4) is 0 Å². The van der Waals surface area contributed by atoms with Crippen LogP contribution in [0.1, 0.15) is 45.1 Å². The maximum Gasteiger partial charge on any atom is 0.305 e. The van der Waals surface area contributed by atoms with E-state index in [1.165, 1.54) is 11.9 Å². The fourth-order valence-corrected chi connectivity index (χ4v) is 5.52. The van der Waals surface area contributed by atoms with Gasteiger partial charge in [-0.15, -0.1) is 0 Å². The first-order valence-electron chi connectivity index (χ1n) is 15.1. The van der Waals surface area contributed by atoms with Crippen LogP contribution >= 0.6 is 0 Å². The number of aliphatic carboxylic acids is 1. The molecule has 45 heavy (non-hydrogen) atoms. The first kappa shape index (κ1) is 35.0. The van der Waals surface area contributed by atoms with Crippen molar-refractivity contribution in [2.24, 2.45) is 5.92 Å². The Balaban J connectivity index is 2.00. The minimum absolute atomic E-state index is 0.0215. The molecular weight excluding hydrogens is 582 g/mol. The molecule has 2 aromatic rings. The highest BCUT2D eigenvalue weighted by Gasteiger charge is 2.37. The lowest BCUT2D eigenvalue weighted by atomic mass is 9.98. The summed E-state index contributed by atoms with van der Waals surface area (Å²) in [4.78, 5) is 85.2. The van der Waals surface area contributed by atoms with Crippen LogP contribution in [0.2, 0.25) is 0 Å². The Morgan fingerprint density at radius 3 is 2.31 bits per heavy atom. The van der Waals surface area contributed by atoms with Crippen LogP contribution in [0, 0.1) is 5.92 Å². The van der Waals surface area contributed by atoms with Gasteiger partial charge >= 0.3 is 5.97 Å². The molecule has 14 nitrogen and oxygen atoms in total. The monoisotopic (exact) mass is 627 g/mol. The number of rotatable bonds is 10. The molecule has 0 aliphatic carbocycles. The van der Waals surface area contributed by atoms with Crippen molar-refractivity contribution in [2.45, 2.75) is 70.1 Å². The molecule has 0 radical (unpaired) electrons. The number of nitrogens with zero attached hydrogens (tertiary/aromatic N) is 2. The molecule has 14 heteroatoms. The maximum atomic E-state index is 14.1. The molecule has 1 saturated heterocycles. The fourth-order valence-electron chi connectivity index (χ4n) is 5.52. The molecule has 1 fully saturated rings. The number of para-hydroxylation sites is 1. The molecule has 6 N–H and O–H groups in total. The summed E-state index contributed by atoms with van der Waals surface area (Å²) < 4.78 is 0. The van der Waals surface area contributed by atoms with Gasteiger partial charge in [0.15, 0.2) is 0 Å². The average Bonchev–Trinajstić information content (AvgIpc) is 3.38. The van der Waals surface area contributed by atoms with E-state index in [0.29, 0.717) is 18.4 Å². The number of carbonyl (C=O) groups is 6. The van der Waals surface area contributed by atoms with E-state index in [0.717, 1.165) is 23.9 Å². The number of aromatic nitrogens is 1. The fraction of sp³-hybridized carbons (Fsp3) is 0.548. The molecule has 0 bridgehead atoms. The standard InChI is InChI=1S/C31H45N7O7/c1-18(2)27-30(44)35-22(12-8-9-13-37(3)4)28(42)33-17-25(39)34-23(15-26(40)41)29(43)36-24(31(45)38(27)5)14-19-16-32-21-11-7-6-10-20(19)21/h6-7,10-11,16,18,22-24,27,32H,8-9,12-15,17H2,1-5H3,(H,33,42)(H,34,39)(H,35,44)(H,36,43)(H,40,41)/t22-,23-,24+,27-/m0/s1. The van der Waals surface area contributed by atoms with E-state index in [4.69, 9.17) is 0 Å². The molecule has 0 saturated carbocycles. The summed E-state index contributed by atoms with van der Waals surface area (Å²) in [5.74, 6) is -5.15. The lowest BCUT2D eigenvalue weighted by molar-refractivity contribution is -0.144. The summed E-state index contributed by atoms with van der Waals surface area (Å²) >= 11 is 0. The van der Waals surface area contributed by atoms with E-state index >= 15 is 0 Å². The van der Waals surface area contributed by atoms with Gasteiger partial charge in [0, 0.05) is 30.6 Å². The van der Waals surface area contributed by atoms with Crippen molar-refractivity contribution in [1.82, 2.24) is 36.1 Å². The summed E-state index contributed by atoms with van der Waals surface area (Å²) in [6.45, 7) is 3.78. The molecule has 4 atom stereocenters. The number of carbonyl (C=O) groups excluding carboxylic acids is 5. The number of hydrogen-bond donors (Lipinski definition) is 6. The molecule has 1 aromatic heterocycles. The number of fused-ring (bicyclic) bond motifs is 1. The van der Waals surface area contributed by atoms with Gasteiger partial charge in [0.05, 0.1) is 13.0 Å². The first-order chi connectivity index (χ1) is 21.3. The zero-order valence-corrected chi connectivity index (χ0v) is 26.5. The van der Waals surface area contributed by atoms with Crippen molar-refractivity contribution in [3.8, 4) is 0 Å². The van der Waals surface area contributed by atoms with Crippen LogP contribution < -0.4 is 21.3 Å². The third kappa shape index (κ3) is 9.76. The van der Waals surface area contributed by atoms with E-state index in [-0.39, 0.29) is 12.3 Å². The highest BCUT2D eigenvalue weighted by Crippen LogP contribution is 2.21. The zero-order chi connectivity index (χ0) is 33.3.